The molecule has 3 heterocycles. The Labute approximate surface area is 151 Å². The topological polar surface area (TPSA) is 82.2 Å². The molecular weight excluding hydrogens is 342 g/mol. The highest BCUT2D eigenvalue weighted by Gasteiger charge is 2.16. The zero-order valence-electron chi connectivity index (χ0n) is 14.8. The first-order valence-corrected chi connectivity index (χ1v) is 8.74. The molecule has 0 saturated heterocycles. The lowest BCUT2D eigenvalue weighted by atomic mass is 10.2. The van der Waals surface area contributed by atoms with Gasteiger partial charge in [-0.05, 0) is 27.2 Å². The fraction of sp³-hybridized carbons (Fsp3) is 0.500. The number of anilines is 1. The van der Waals surface area contributed by atoms with Crippen molar-refractivity contribution in [3.8, 4) is 11.3 Å². The predicted molar refractivity (Wildman–Crippen MR) is 96.7 cm³/mol. The van der Waals surface area contributed by atoms with Crippen molar-refractivity contribution in [2.75, 3.05) is 11.9 Å². The van der Waals surface area contributed by atoms with Gasteiger partial charge in [-0.2, -0.15) is 14.6 Å². The van der Waals surface area contributed by atoms with Crippen LogP contribution in [-0.2, 0) is 4.74 Å². The average molecular weight is 364 g/mol. The van der Waals surface area contributed by atoms with E-state index in [1.165, 1.54) is 0 Å². The molecule has 8 nitrogen and oxygen atoms in total. The van der Waals surface area contributed by atoms with Crippen LogP contribution in [0.5, 0.6) is 0 Å². The molecule has 1 N–H and O–H groups in total. The van der Waals surface area contributed by atoms with Crippen molar-refractivity contribution < 1.29 is 4.74 Å². The van der Waals surface area contributed by atoms with Gasteiger partial charge in [-0.25, -0.2) is 9.67 Å². The Kier molecular flexibility index (Phi) is 5.19. The molecule has 2 atom stereocenters. The molecule has 1 unspecified atom stereocenters. The Morgan fingerprint density at radius 2 is 2.12 bits per heavy atom. The van der Waals surface area contributed by atoms with Gasteiger partial charge in [0.15, 0.2) is 5.65 Å². The van der Waals surface area contributed by atoms with Crippen LogP contribution in [-0.4, -0.2) is 42.0 Å². The van der Waals surface area contributed by atoms with Gasteiger partial charge in [0.2, 0.25) is 5.95 Å². The van der Waals surface area contributed by atoms with Crippen LogP contribution in [0.3, 0.4) is 0 Å². The summed E-state index contributed by atoms with van der Waals surface area (Å²) in [6.45, 7) is 8.67. The van der Waals surface area contributed by atoms with E-state index in [1.54, 1.807) is 21.7 Å². The first kappa shape index (κ1) is 17.6. The molecule has 0 aromatic carbocycles. The highest BCUT2D eigenvalue weighted by molar-refractivity contribution is 6.35. The minimum atomic E-state index is -0.152. The molecule has 0 aliphatic carbocycles. The molecule has 0 radical (unpaired) electrons. The summed E-state index contributed by atoms with van der Waals surface area (Å²) < 4.78 is 8.85. The first-order chi connectivity index (χ1) is 12.0. The number of rotatable bonds is 7. The number of fused-ring (bicyclic) bond motifs is 1. The normalized spacial score (nSPS) is 14.0. The molecule has 134 valence electrons. The molecule has 3 aromatic heterocycles. The molecule has 3 aromatic rings. The third-order valence-corrected chi connectivity index (χ3v) is 4.32. The van der Waals surface area contributed by atoms with Gasteiger partial charge in [-0.15, -0.1) is 5.10 Å². The van der Waals surface area contributed by atoms with E-state index in [0.717, 1.165) is 12.0 Å². The quantitative estimate of drug-likeness (QED) is 0.692. The highest BCUT2D eigenvalue weighted by Crippen LogP contribution is 2.29. The Morgan fingerprint density at radius 3 is 2.84 bits per heavy atom. The monoisotopic (exact) mass is 363 g/mol. The largest absolute Gasteiger partial charge is 0.357 e. The summed E-state index contributed by atoms with van der Waals surface area (Å²) in [5, 5.41) is 12.4. The van der Waals surface area contributed by atoms with E-state index >= 15 is 0 Å². The molecule has 3 rings (SSSR count). The summed E-state index contributed by atoms with van der Waals surface area (Å²) in [5.41, 5.74) is 1.98. The van der Waals surface area contributed by atoms with E-state index < -0.39 is 0 Å². The van der Waals surface area contributed by atoms with Gasteiger partial charge in [0.25, 0.3) is 0 Å². The highest BCUT2D eigenvalue weighted by atomic mass is 35.5. The Bertz CT molecular complexity index is 859. The lowest BCUT2D eigenvalue weighted by Crippen LogP contribution is -2.14. The van der Waals surface area contributed by atoms with E-state index in [-0.39, 0.29) is 12.3 Å². The fourth-order valence-corrected chi connectivity index (χ4v) is 2.68. The van der Waals surface area contributed by atoms with Crippen molar-refractivity contribution in [2.24, 2.45) is 0 Å². The molecule has 25 heavy (non-hydrogen) atoms. The minimum absolute atomic E-state index is 0.152. The molecule has 9 heteroatoms. The van der Waals surface area contributed by atoms with Crippen LogP contribution in [0.15, 0.2) is 18.7 Å². The summed E-state index contributed by atoms with van der Waals surface area (Å²) >= 11 is 6.53. The summed E-state index contributed by atoms with van der Waals surface area (Å²) in [7, 11) is 0. The van der Waals surface area contributed by atoms with E-state index in [0.29, 0.717) is 28.9 Å². The lowest BCUT2D eigenvalue weighted by molar-refractivity contribution is 0.0160. The lowest BCUT2D eigenvalue weighted by Gasteiger charge is -2.11. The first-order valence-electron chi connectivity index (χ1n) is 8.37. The van der Waals surface area contributed by atoms with E-state index in [4.69, 9.17) is 16.3 Å². The Hall–Kier alpha value is -2.19. The van der Waals surface area contributed by atoms with Crippen molar-refractivity contribution in [1.82, 2.24) is 29.4 Å². The third-order valence-electron chi connectivity index (χ3n) is 3.97. The summed E-state index contributed by atoms with van der Waals surface area (Å²) in [5.74, 6) is 0.538. The summed E-state index contributed by atoms with van der Waals surface area (Å²) in [6, 6.07) is 0.280. The van der Waals surface area contributed by atoms with E-state index in [9.17, 15) is 0 Å². The number of nitrogens with one attached hydrogen (secondary N) is 1. The molecule has 0 saturated carbocycles. The van der Waals surface area contributed by atoms with Gasteiger partial charge in [-0.1, -0.05) is 18.5 Å². The second-order valence-electron chi connectivity index (χ2n) is 5.83. The maximum absolute atomic E-state index is 6.53. The SMILES string of the molecule is CCOC(C)n1cc(-c2ncn3nc(N[C@H](C)CC)nc3c2Cl)cn1. The van der Waals surface area contributed by atoms with Crippen LogP contribution < -0.4 is 5.32 Å². The molecule has 0 aliphatic rings. The second kappa shape index (κ2) is 7.37. The van der Waals surface area contributed by atoms with Crippen LogP contribution >= 0.6 is 11.6 Å². The second-order valence-corrected chi connectivity index (χ2v) is 6.21. The Balaban J connectivity index is 1.93. The summed E-state index contributed by atoms with van der Waals surface area (Å²) in [6.07, 6.45) is 6.01. The van der Waals surface area contributed by atoms with Crippen molar-refractivity contribution in [1.29, 1.82) is 0 Å². The van der Waals surface area contributed by atoms with Gasteiger partial charge in [-0.3, -0.25) is 0 Å². The predicted octanol–water partition coefficient (Wildman–Crippen LogP) is 3.41. The number of halogens is 1. The summed E-state index contributed by atoms with van der Waals surface area (Å²) in [4.78, 5) is 8.89. The number of nitrogens with zero attached hydrogens (tertiary/aromatic N) is 6. The van der Waals surface area contributed by atoms with Crippen LogP contribution in [0.1, 0.15) is 40.3 Å². The van der Waals surface area contributed by atoms with Crippen LogP contribution in [0.2, 0.25) is 5.02 Å². The van der Waals surface area contributed by atoms with E-state index in [1.807, 2.05) is 20.0 Å². The fourth-order valence-electron chi connectivity index (χ4n) is 2.39. The standard InChI is InChI=1S/C16H22ClN7O/c1-5-10(3)20-16-21-15-13(17)14(18-9-24(15)22-16)12-7-19-23(8-12)11(4)25-6-2/h7-11H,5-6H2,1-4H3,(H,20,22)/t10-,11?/m1/s1. The molecule has 0 amide bonds. The average Bonchev–Trinajstić information content (AvgIpc) is 3.22. The molecule has 0 fully saturated rings. The van der Waals surface area contributed by atoms with Gasteiger partial charge in [0.1, 0.15) is 17.6 Å². The van der Waals surface area contributed by atoms with Crippen LogP contribution in [0, 0.1) is 0 Å². The number of hydrogen-bond acceptors (Lipinski definition) is 6. The number of ether oxygens (including phenoxy) is 1. The maximum Gasteiger partial charge on any atom is 0.243 e. The van der Waals surface area contributed by atoms with Gasteiger partial charge in [0, 0.05) is 24.4 Å². The minimum Gasteiger partial charge on any atom is -0.357 e. The number of hydrogen-bond donors (Lipinski definition) is 1. The zero-order valence-corrected chi connectivity index (χ0v) is 15.5. The smallest absolute Gasteiger partial charge is 0.243 e. The van der Waals surface area contributed by atoms with Crippen LogP contribution in [0.4, 0.5) is 5.95 Å². The number of aromatic nitrogens is 6. The van der Waals surface area contributed by atoms with Gasteiger partial charge in [0.05, 0.1) is 11.9 Å². The Morgan fingerprint density at radius 1 is 1.32 bits per heavy atom. The maximum atomic E-state index is 6.53. The van der Waals surface area contributed by atoms with Gasteiger partial charge < -0.3 is 10.1 Å². The van der Waals surface area contributed by atoms with Gasteiger partial charge >= 0.3 is 0 Å². The van der Waals surface area contributed by atoms with Crippen molar-refractivity contribution in [2.45, 2.75) is 46.4 Å². The van der Waals surface area contributed by atoms with E-state index in [2.05, 4.69) is 39.3 Å². The van der Waals surface area contributed by atoms with Crippen LogP contribution in [0.25, 0.3) is 16.9 Å². The molecular formula is C16H22ClN7O. The zero-order chi connectivity index (χ0) is 18.0. The molecule has 0 aliphatic heterocycles. The van der Waals surface area contributed by atoms with Crippen molar-refractivity contribution in [3.05, 3.63) is 23.7 Å². The third kappa shape index (κ3) is 3.59. The molecule has 0 spiro atoms. The van der Waals surface area contributed by atoms with Crippen molar-refractivity contribution in [3.63, 3.8) is 0 Å². The van der Waals surface area contributed by atoms with Crippen molar-refractivity contribution >= 4 is 23.2 Å². The molecule has 0 bridgehead atoms.